The Kier molecular flexibility index (Phi) is 4.33. The number of anilines is 1. The zero-order valence-electron chi connectivity index (χ0n) is 14.4. The molecule has 1 N–H and O–H groups in total. The van der Waals surface area contributed by atoms with Crippen LogP contribution in [0.3, 0.4) is 0 Å². The van der Waals surface area contributed by atoms with E-state index >= 15 is 0 Å². The number of rotatable bonds is 5. The summed E-state index contributed by atoms with van der Waals surface area (Å²) in [6, 6.07) is 7.92. The fourth-order valence-corrected chi connectivity index (χ4v) is 2.92. The molecule has 1 saturated carbocycles. The second kappa shape index (κ2) is 6.70. The zero-order chi connectivity index (χ0) is 19.9. The summed E-state index contributed by atoms with van der Waals surface area (Å²) in [5, 5.41) is 6.37. The number of benzene rings is 1. The highest BCUT2D eigenvalue weighted by molar-refractivity contribution is 5.91. The van der Waals surface area contributed by atoms with Gasteiger partial charge in [0.2, 0.25) is 11.7 Å². The van der Waals surface area contributed by atoms with Crippen molar-refractivity contribution in [2.24, 2.45) is 0 Å². The molecule has 7 nitrogen and oxygen atoms in total. The van der Waals surface area contributed by atoms with E-state index in [1.165, 1.54) is 23.0 Å². The number of hydrogen-bond donors (Lipinski definition) is 1. The predicted molar refractivity (Wildman–Crippen MR) is 92.5 cm³/mol. The summed E-state index contributed by atoms with van der Waals surface area (Å²) in [6.45, 7) is -0.515. The Balaban J connectivity index is 1.60. The molecule has 0 bridgehead atoms. The molecule has 1 aliphatic rings. The molecule has 10 heteroatoms. The van der Waals surface area contributed by atoms with Gasteiger partial charge in [0, 0.05) is 6.04 Å². The highest BCUT2D eigenvalue weighted by atomic mass is 19.4. The van der Waals surface area contributed by atoms with E-state index in [9.17, 15) is 22.8 Å². The standard InChI is InChI=1S/C18H15F3N4O3/c19-18(20,21)12-4-1-2-5-13(12)22-15(26)10-24-17(27)25(11-7-8-11)16(23-24)14-6-3-9-28-14/h1-6,9,11H,7-8,10H2,(H,22,26). The molecule has 2 heterocycles. The second-order valence-corrected chi connectivity index (χ2v) is 6.43. The van der Waals surface area contributed by atoms with Crippen LogP contribution in [-0.4, -0.2) is 20.3 Å². The van der Waals surface area contributed by atoms with E-state index in [2.05, 4.69) is 10.4 Å². The summed E-state index contributed by atoms with van der Waals surface area (Å²) in [6.07, 6.45) is -1.55. The molecule has 2 aromatic heterocycles. The van der Waals surface area contributed by atoms with Gasteiger partial charge in [-0.15, -0.1) is 5.10 Å². The summed E-state index contributed by atoms with van der Waals surface area (Å²) in [5.74, 6) is -0.114. The number of nitrogens with zero attached hydrogens (tertiary/aromatic N) is 3. The van der Waals surface area contributed by atoms with Crippen molar-refractivity contribution in [1.82, 2.24) is 14.3 Å². The molecular formula is C18H15F3N4O3. The van der Waals surface area contributed by atoms with Crippen LogP contribution in [0.2, 0.25) is 0 Å². The van der Waals surface area contributed by atoms with Crippen molar-refractivity contribution < 1.29 is 22.4 Å². The highest BCUT2D eigenvalue weighted by Gasteiger charge is 2.34. The SMILES string of the molecule is O=C(Cn1nc(-c2ccco2)n(C2CC2)c1=O)Nc1ccccc1C(F)(F)F. The third-order valence-corrected chi connectivity index (χ3v) is 4.32. The number of nitrogens with one attached hydrogen (secondary N) is 1. The quantitative estimate of drug-likeness (QED) is 0.722. The molecule has 1 aliphatic carbocycles. The van der Waals surface area contributed by atoms with Gasteiger partial charge in [-0.1, -0.05) is 12.1 Å². The molecule has 146 valence electrons. The average molecular weight is 392 g/mol. The summed E-state index contributed by atoms with van der Waals surface area (Å²) in [4.78, 5) is 24.9. The molecule has 4 rings (SSSR count). The molecular weight excluding hydrogens is 377 g/mol. The van der Waals surface area contributed by atoms with Crippen molar-refractivity contribution in [2.75, 3.05) is 5.32 Å². The number of amides is 1. The van der Waals surface area contributed by atoms with Gasteiger partial charge < -0.3 is 9.73 Å². The van der Waals surface area contributed by atoms with Crippen molar-refractivity contribution in [3.8, 4) is 11.6 Å². The van der Waals surface area contributed by atoms with Crippen molar-refractivity contribution in [2.45, 2.75) is 31.6 Å². The van der Waals surface area contributed by atoms with Gasteiger partial charge in [0.1, 0.15) is 6.54 Å². The lowest BCUT2D eigenvalue weighted by Gasteiger charge is -2.13. The van der Waals surface area contributed by atoms with Gasteiger partial charge in [-0.2, -0.15) is 13.2 Å². The van der Waals surface area contributed by atoms with Gasteiger partial charge in [-0.3, -0.25) is 9.36 Å². The normalized spacial score (nSPS) is 14.2. The van der Waals surface area contributed by atoms with Crippen molar-refractivity contribution in [3.05, 3.63) is 58.7 Å². The largest absolute Gasteiger partial charge is 0.461 e. The van der Waals surface area contributed by atoms with E-state index in [0.29, 0.717) is 11.6 Å². The Bertz CT molecular complexity index is 1060. The van der Waals surface area contributed by atoms with E-state index in [1.54, 1.807) is 12.1 Å². The summed E-state index contributed by atoms with van der Waals surface area (Å²) in [5.41, 5.74) is -1.84. The Hall–Kier alpha value is -3.30. The van der Waals surface area contributed by atoms with Crippen LogP contribution in [-0.2, 0) is 17.5 Å². The number of hydrogen-bond acceptors (Lipinski definition) is 4. The van der Waals surface area contributed by atoms with Crippen LogP contribution in [0.25, 0.3) is 11.6 Å². The predicted octanol–water partition coefficient (Wildman–Crippen LogP) is 3.30. The first-order valence-corrected chi connectivity index (χ1v) is 8.54. The minimum atomic E-state index is -4.61. The maximum absolute atomic E-state index is 13.1. The van der Waals surface area contributed by atoms with E-state index in [0.717, 1.165) is 29.7 Å². The fraction of sp³-hybridized carbons (Fsp3) is 0.278. The number of carbonyl (C=O) groups excluding carboxylic acids is 1. The number of para-hydroxylation sites is 1. The first kappa shape index (κ1) is 18.1. The monoisotopic (exact) mass is 392 g/mol. The fourth-order valence-electron chi connectivity index (χ4n) is 2.92. The van der Waals surface area contributed by atoms with Crippen LogP contribution in [0.1, 0.15) is 24.4 Å². The number of alkyl halides is 3. The third kappa shape index (κ3) is 3.45. The van der Waals surface area contributed by atoms with Gasteiger partial charge in [0.05, 0.1) is 17.5 Å². The number of carbonyl (C=O) groups is 1. The van der Waals surface area contributed by atoms with Gasteiger partial charge in [-0.25, -0.2) is 9.48 Å². The highest BCUT2D eigenvalue weighted by Crippen LogP contribution is 2.37. The van der Waals surface area contributed by atoms with Crippen LogP contribution in [0, 0.1) is 0 Å². The Labute approximate surface area is 156 Å². The van der Waals surface area contributed by atoms with Crippen molar-refractivity contribution in [1.29, 1.82) is 0 Å². The molecule has 0 aliphatic heterocycles. The third-order valence-electron chi connectivity index (χ3n) is 4.32. The van der Waals surface area contributed by atoms with Gasteiger partial charge >= 0.3 is 11.9 Å². The van der Waals surface area contributed by atoms with E-state index in [-0.39, 0.29) is 11.7 Å². The molecule has 28 heavy (non-hydrogen) atoms. The lowest BCUT2D eigenvalue weighted by atomic mass is 10.1. The minimum absolute atomic E-state index is 0.0182. The Morgan fingerprint density at radius 2 is 1.96 bits per heavy atom. The molecule has 0 atom stereocenters. The number of furan rings is 1. The molecule has 0 saturated heterocycles. The second-order valence-electron chi connectivity index (χ2n) is 6.43. The number of aromatic nitrogens is 3. The first-order chi connectivity index (χ1) is 13.3. The van der Waals surface area contributed by atoms with Crippen LogP contribution in [0.5, 0.6) is 0 Å². The van der Waals surface area contributed by atoms with Crippen molar-refractivity contribution >= 4 is 11.6 Å². The topological polar surface area (TPSA) is 82.1 Å². The molecule has 1 fully saturated rings. The molecule has 1 aromatic carbocycles. The smallest absolute Gasteiger partial charge is 0.418 e. The average Bonchev–Trinajstić information content (AvgIpc) is 3.21. The van der Waals surface area contributed by atoms with Gasteiger partial charge in [0.15, 0.2) is 5.76 Å². The maximum Gasteiger partial charge on any atom is 0.418 e. The molecule has 0 spiro atoms. The van der Waals surface area contributed by atoms with Crippen LogP contribution >= 0.6 is 0 Å². The lowest BCUT2D eigenvalue weighted by Crippen LogP contribution is -2.30. The van der Waals surface area contributed by atoms with Gasteiger partial charge in [0.25, 0.3) is 0 Å². The van der Waals surface area contributed by atoms with Crippen molar-refractivity contribution in [3.63, 3.8) is 0 Å². The molecule has 0 radical (unpaired) electrons. The number of halogens is 3. The summed E-state index contributed by atoms with van der Waals surface area (Å²) < 4.78 is 46.9. The zero-order valence-corrected chi connectivity index (χ0v) is 14.4. The molecule has 1 amide bonds. The van der Waals surface area contributed by atoms with Crippen LogP contribution in [0.4, 0.5) is 18.9 Å². The lowest BCUT2D eigenvalue weighted by molar-refractivity contribution is -0.137. The van der Waals surface area contributed by atoms with E-state index in [1.807, 2.05) is 0 Å². The van der Waals surface area contributed by atoms with E-state index < -0.39 is 29.9 Å². The Morgan fingerprint density at radius 3 is 2.61 bits per heavy atom. The Morgan fingerprint density at radius 1 is 1.21 bits per heavy atom. The first-order valence-electron chi connectivity index (χ1n) is 8.54. The van der Waals surface area contributed by atoms with E-state index in [4.69, 9.17) is 4.42 Å². The van der Waals surface area contributed by atoms with Crippen LogP contribution in [0.15, 0.2) is 51.9 Å². The molecule has 3 aromatic rings. The van der Waals surface area contributed by atoms with Crippen LogP contribution < -0.4 is 11.0 Å². The molecule has 0 unspecified atom stereocenters. The maximum atomic E-state index is 13.1. The summed E-state index contributed by atoms with van der Waals surface area (Å²) >= 11 is 0. The summed E-state index contributed by atoms with van der Waals surface area (Å²) in [7, 11) is 0. The minimum Gasteiger partial charge on any atom is -0.461 e. The van der Waals surface area contributed by atoms with Gasteiger partial charge in [-0.05, 0) is 37.1 Å².